The van der Waals surface area contributed by atoms with E-state index >= 15 is 0 Å². The fourth-order valence-electron chi connectivity index (χ4n) is 3.82. The molecule has 2 rings (SSSR count). The van der Waals surface area contributed by atoms with Gasteiger partial charge in [0.15, 0.2) is 0 Å². The van der Waals surface area contributed by atoms with Crippen molar-refractivity contribution in [2.75, 3.05) is 0 Å². The van der Waals surface area contributed by atoms with Crippen LogP contribution in [0.1, 0.15) is 77.5 Å². The molecule has 0 N–H and O–H groups in total. The third-order valence-electron chi connectivity index (χ3n) is 5.52. The van der Waals surface area contributed by atoms with Gasteiger partial charge in [-0.25, -0.2) is 0 Å². The average Bonchev–Trinajstić information content (AvgIpc) is 2.77. The lowest BCUT2D eigenvalue weighted by atomic mass is 9.96. The van der Waals surface area contributed by atoms with E-state index in [1.165, 1.54) is 34.3 Å². The molecule has 1 heterocycles. The lowest BCUT2D eigenvalue weighted by Gasteiger charge is -2.34. The molecular formula is C27H37N. The van der Waals surface area contributed by atoms with E-state index in [4.69, 9.17) is 0 Å². The molecule has 1 nitrogen and oxygen atoms in total. The minimum Gasteiger partial charge on any atom is -0.368 e. The summed E-state index contributed by atoms with van der Waals surface area (Å²) < 4.78 is 0. The van der Waals surface area contributed by atoms with E-state index in [0.29, 0.717) is 12.1 Å². The maximum absolute atomic E-state index is 3.86. The second kappa shape index (κ2) is 10.9. The van der Waals surface area contributed by atoms with Crippen molar-refractivity contribution in [3.8, 4) is 0 Å². The van der Waals surface area contributed by atoms with Crippen molar-refractivity contribution in [2.45, 2.75) is 72.4 Å². The summed E-state index contributed by atoms with van der Waals surface area (Å²) >= 11 is 0. The van der Waals surface area contributed by atoms with Gasteiger partial charge in [-0.05, 0) is 74.0 Å². The van der Waals surface area contributed by atoms with Gasteiger partial charge in [-0.3, -0.25) is 0 Å². The zero-order valence-corrected chi connectivity index (χ0v) is 18.4. The Hall–Kier alpha value is -2.28. The first-order valence-corrected chi connectivity index (χ1v) is 10.8. The van der Waals surface area contributed by atoms with Crippen LogP contribution in [0.5, 0.6) is 0 Å². The van der Waals surface area contributed by atoms with Crippen molar-refractivity contribution in [3.05, 3.63) is 89.2 Å². The van der Waals surface area contributed by atoms with E-state index < -0.39 is 0 Å². The molecule has 0 aromatic heterocycles. The molecule has 0 saturated heterocycles. The van der Waals surface area contributed by atoms with Crippen LogP contribution < -0.4 is 0 Å². The summed E-state index contributed by atoms with van der Waals surface area (Å²) in [6, 6.07) is 9.52. The summed E-state index contributed by atoms with van der Waals surface area (Å²) in [6.07, 6.45) is 18.1. The fraction of sp³-hybridized carbons (Fsp3) is 0.407. The molecule has 0 saturated carbocycles. The minimum absolute atomic E-state index is 0.328. The van der Waals surface area contributed by atoms with Gasteiger partial charge in [0.1, 0.15) is 0 Å². The predicted molar refractivity (Wildman–Crippen MR) is 125 cm³/mol. The Balaban J connectivity index is 2.30. The van der Waals surface area contributed by atoms with Crippen molar-refractivity contribution in [2.24, 2.45) is 0 Å². The zero-order valence-electron chi connectivity index (χ0n) is 18.4. The van der Waals surface area contributed by atoms with Crippen LogP contribution in [0.2, 0.25) is 0 Å². The first-order chi connectivity index (χ1) is 13.5. The molecular weight excluding hydrogens is 338 g/mol. The van der Waals surface area contributed by atoms with Gasteiger partial charge in [0.2, 0.25) is 0 Å². The van der Waals surface area contributed by atoms with E-state index in [1.54, 1.807) is 0 Å². The highest BCUT2D eigenvalue weighted by atomic mass is 15.2. The standard InChI is InChI=1S/C27H37N/c1-7-10-26(11-8-2)27-15-12-22(5)28(19-18-21(4)20-27)23(6)25-16-13-24(9-3)14-17-25/h9-10,13-20,22-23H,3,7-8,11-12H2,1-2,4-6H3/b19-18-,21-20+,26-10+,27-15+/t22-,23?/m1/s1. The highest BCUT2D eigenvalue weighted by Crippen LogP contribution is 2.28. The molecule has 1 aromatic rings. The molecule has 0 bridgehead atoms. The molecule has 1 aromatic carbocycles. The third-order valence-corrected chi connectivity index (χ3v) is 5.52. The molecule has 0 aliphatic carbocycles. The maximum Gasteiger partial charge on any atom is 0.0511 e. The normalized spacial score (nSPS) is 24.1. The Morgan fingerprint density at radius 1 is 1.25 bits per heavy atom. The Labute approximate surface area is 172 Å². The number of hydrogen-bond donors (Lipinski definition) is 0. The monoisotopic (exact) mass is 375 g/mol. The van der Waals surface area contributed by atoms with Gasteiger partial charge in [-0.1, -0.05) is 75.4 Å². The van der Waals surface area contributed by atoms with Crippen LogP contribution in [0.3, 0.4) is 0 Å². The van der Waals surface area contributed by atoms with Crippen LogP contribution in [-0.4, -0.2) is 10.9 Å². The molecule has 28 heavy (non-hydrogen) atoms. The van der Waals surface area contributed by atoms with Crippen LogP contribution in [0.25, 0.3) is 6.08 Å². The summed E-state index contributed by atoms with van der Waals surface area (Å²) in [5, 5.41) is 0. The number of nitrogens with zero attached hydrogens (tertiary/aromatic N) is 1. The molecule has 0 spiro atoms. The molecule has 0 amide bonds. The van der Waals surface area contributed by atoms with Gasteiger partial charge in [0.25, 0.3) is 0 Å². The largest absolute Gasteiger partial charge is 0.368 e. The Morgan fingerprint density at radius 2 is 1.96 bits per heavy atom. The topological polar surface area (TPSA) is 3.24 Å². The lowest BCUT2D eigenvalue weighted by Crippen LogP contribution is -2.30. The second-order valence-corrected chi connectivity index (χ2v) is 7.83. The van der Waals surface area contributed by atoms with Gasteiger partial charge < -0.3 is 4.90 Å². The molecule has 2 atom stereocenters. The maximum atomic E-state index is 3.86. The van der Waals surface area contributed by atoms with E-state index in [0.717, 1.165) is 19.3 Å². The van der Waals surface area contributed by atoms with Crippen molar-refractivity contribution in [1.82, 2.24) is 4.90 Å². The second-order valence-electron chi connectivity index (χ2n) is 7.83. The van der Waals surface area contributed by atoms with Crippen LogP contribution >= 0.6 is 0 Å². The number of rotatable bonds is 7. The van der Waals surface area contributed by atoms with Crippen molar-refractivity contribution >= 4 is 6.08 Å². The molecule has 1 aliphatic rings. The van der Waals surface area contributed by atoms with Crippen molar-refractivity contribution in [1.29, 1.82) is 0 Å². The van der Waals surface area contributed by atoms with Gasteiger partial charge in [-0.15, -0.1) is 0 Å². The fourth-order valence-corrected chi connectivity index (χ4v) is 3.82. The van der Waals surface area contributed by atoms with E-state index in [9.17, 15) is 0 Å². The van der Waals surface area contributed by atoms with Crippen LogP contribution in [0.4, 0.5) is 0 Å². The molecule has 1 heteroatoms. The SMILES string of the molecule is C=Cc1ccc(C(C)N2\C=C/C(C)=C/C(C(=C/CC)/CCC)=C\C[C@H]2C)cc1. The van der Waals surface area contributed by atoms with Crippen molar-refractivity contribution in [3.63, 3.8) is 0 Å². The molecule has 1 unspecified atom stereocenters. The lowest BCUT2D eigenvalue weighted by molar-refractivity contribution is 0.231. The van der Waals surface area contributed by atoms with E-state index in [1.807, 2.05) is 6.08 Å². The van der Waals surface area contributed by atoms with Gasteiger partial charge >= 0.3 is 0 Å². The Bertz CT molecular complexity index is 758. The highest BCUT2D eigenvalue weighted by molar-refractivity contribution is 5.47. The summed E-state index contributed by atoms with van der Waals surface area (Å²) in [4.78, 5) is 2.49. The summed E-state index contributed by atoms with van der Waals surface area (Å²) in [5.74, 6) is 0. The third kappa shape index (κ3) is 5.86. The first kappa shape index (κ1) is 22.0. The minimum atomic E-state index is 0.328. The Kier molecular flexibility index (Phi) is 8.57. The number of hydrogen-bond acceptors (Lipinski definition) is 1. The van der Waals surface area contributed by atoms with Crippen LogP contribution in [0, 0.1) is 0 Å². The highest BCUT2D eigenvalue weighted by Gasteiger charge is 2.19. The smallest absolute Gasteiger partial charge is 0.0511 e. The zero-order chi connectivity index (χ0) is 20.5. The van der Waals surface area contributed by atoms with Crippen LogP contribution in [0.15, 0.2) is 78.1 Å². The molecule has 0 radical (unpaired) electrons. The molecule has 0 fully saturated rings. The number of benzene rings is 1. The van der Waals surface area contributed by atoms with Gasteiger partial charge in [0, 0.05) is 12.2 Å². The predicted octanol–water partition coefficient (Wildman–Crippen LogP) is 8.01. The van der Waals surface area contributed by atoms with Gasteiger partial charge in [0.05, 0.1) is 6.04 Å². The molecule has 1 aliphatic heterocycles. The number of allylic oxidation sites excluding steroid dienone is 6. The molecule has 150 valence electrons. The van der Waals surface area contributed by atoms with Crippen LogP contribution in [-0.2, 0) is 0 Å². The first-order valence-electron chi connectivity index (χ1n) is 10.8. The van der Waals surface area contributed by atoms with Crippen molar-refractivity contribution < 1.29 is 0 Å². The van der Waals surface area contributed by atoms with Gasteiger partial charge in [-0.2, -0.15) is 0 Å². The summed E-state index contributed by atoms with van der Waals surface area (Å²) in [5.41, 5.74) is 6.71. The summed E-state index contributed by atoms with van der Waals surface area (Å²) in [6.45, 7) is 15.2. The Morgan fingerprint density at radius 3 is 2.57 bits per heavy atom. The van der Waals surface area contributed by atoms with E-state index in [-0.39, 0.29) is 0 Å². The average molecular weight is 376 g/mol. The van der Waals surface area contributed by atoms with E-state index in [2.05, 4.69) is 101 Å². The quantitative estimate of drug-likeness (QED) is 0.466. The summed E-state index contributed by atoms with van der Waals surface area (Å²) in [7, 11) is 0.